The topological polar surface area (TPSA) is 289 Å². The van der Waals surface area contributed by atoms with E-state index in [2.05, 4.69) is 25.9 Å². The van der Waals surface area contributed by atoms with Crippen molar-refractivity contribution in [3.8, 4) is 11.5 Å². The first-order valence-electron chi connectivity index (χ1n) is 30.0. The lowest BCUT2D eigenvalue weighted by atomic mass is 9.93. The molecule has 0 fully saturated rings. The average molecular weight is 1290 g/mol. The standard InChI is InChI=1S/C72H76O22/c1-8-9-10-11-12-13-14-15-16-41-88-68(81)57-42-58(93-69(82)71(2,45-89-64(77)53-29-17-49(18-30-53)25-37-60(73)84-4)46-90-65(78)54-31-19-50(20-32-54)26-38-61(74)85-5)44-59(43-57)94-70(83)72(3,47-91-66(79)55-33-21-51(22-34-55)27-39-62(75)86-6)48-92-67(80)56-35-23-52(24-36-56)28-40-63(76)87-7/h17-40,42-44H,8-16,41,45-48H2,1-7H3. The zero-order chi connectivity index (χ0) is 68.5. The lowest BCUT2D eigenvalue weighted by molar-refractivity contribution is -0.150. The summed E-state index contributed by atoms with van der Waals surface area (Å²) in [6, 6.07) is 26.8. The Morgan fingerprint density at radius 1 is 0.330 bits per heavy atom. The molecule has 496 valence electrons. The monoisotopic (exact) mass is 1290 g/mol. The van der Waals surface area contributed by atoms with Crippen molar-refractivity contribution in [3.63, 3.8) is 0 Å². The highest BCUT2D eigenvalue weighted by molar-refractivity contribution is 5.95. The first kappa shape index (κ1) is 74.0. The molecular weight excluding hydrogens is 1220 g/mol. The van der Waals surface area contributed by atoms with Crippen LogP contribution < -0.4 is 9.47 Å². The van der Waals surface area contributed by atoms with E-state index in [4.69, 9.17) is 33.2 Å². The SMILES string of the molecule is CCCCCCCCCCCOC(=O)c1cc(OC(=O)C(C)(COC(=O)c2ccc(C=CC(=O)OC)cc2)COC(=O)c2ccc(C=CC(=O)OC)cc2)cc(OC(=O)C(C)(COC(=O)c2ccc(C=CC(=O)OC)cc2)COC(=O)c2ccc(C=CC(=O)OC)cc2)c1. The molecule has 0 aliphatic carbocycles. The summed E-state index contributed by atoms with van der Waals surface area (Å²) in [7, 11) is 4.88. The van der Waals surface area contributed by atoms with E-state index in [1.165, 1.54) is 194 Å². The Hall–Kier alpha value is -10.8. The van der Waals surface area contributed by atoms with E-state index in [0.717, 1.165) is 63.1 Å². The molecule has 0 atom stereocenters. The number of esters is 11. The van der Waals surface area contributed by atoms with Crippen molar-refractivity contribution in [1.29, 1.82) is 0 Å². The van der Waals surface area contributed by atoms with Crippen LogP contribution in [0.5, 0.6) is 11.5 Å². The van der Waals surface area contributed by atoms with Crippen LogP contribution in [0.4, 0.5) is 0 Å². The molecule has 0 aliphatic rings. The predicted molar refractivity (Wildman–Crippen MR) is 343 cm³/mol. The molecular formula is C72H76O22. The molecule has 0 radical (unpaired) electrons. The third-order valence-corrected chi connectivity index (χ3v) is 14.1. The summed E-state index contributed by atoms with van der Waals surface area (Å²) in [5, 5.41) is 0. The van der Waals surface area contributed by atoms with Crippen LogP contribution in [0.1, 0.15) is 153 Å². The summed E-state index contributed by atoms with van der Waals surface area (Å²) in [6.07, 6.45) is 19.5. The fourth-order valence-corrected chi connectivity index (χ4v) is 8.33. The molecule has 5 rings (SSSR count). The largest absolute Gasteiger partial charge is 0.466 e. The van der Waals surface area contributed by atoms with E-state index in [9.17, 15) is 52.7 Å². The molecule has 0 bridgehead atoms. The molecule has 0 amide bonds. The number of ether oxygens (including phenoxy) is 11. The molecule has 5 aromatic rings. The van der Waals surface area contributed by atoms with Gasteiger partial charge in [-0.15, -0.1) is 0 Å². The van der Waals surface area contributed by atoms with Gasteiger partial charge in [0.05, 0.1) is 62.9 Å². The molecule has 0 spiro atoms. The second-order valence-corrected chi connectivity index (χ2v) is 21.8. The molecule has 0 aromatic heterocycles. The van der Waals surface area contributed by atoms with Gasteiger partial charge in [0.15, 0.2) is 0 Å². The summed E-state index contributed by atoms with van der Waals surface area (Å²) in [5.74, 6) is -10.2. The minimum absolute atomic E-state index is 0.00288. The van der Waals surface area contributed by atoms with Gasteiger partial charge in [-0.2, -0.15) is 0 Å². The molecule has 22 nitrogen and oxygen atoms in total. The van der Waals surface area contributed by atoms with Gasteiger partial charge in [0, 0.05) is 30.4 Å². The highest BCUT2D eigenvalue weighted by atomic mass is 16.6. The Morgan fingerprint density at radius 2 is 0.585 bits per heavy atom. The van der Waals surface area contributed by atoms with Crippen LogP contribution >= 0.6 is 0 Å². The number of unbranched alkanes of at least 4 members (excludes halogenated alkanes) is 8. The van der Waals surface area contributed by atoms with Crippen LogP contribution in [-0.2, 0) is 71.4 Å². The predicted octanol–water partition coefficient (Wildman–Crippen LogP) is 11.4. The molecule has 0 unspecified atom stereocenters. The summed E-state index contributed by atoms with van der Waals surface area (Å²) in [4.78, 5) is 145. The zero-order valence-electron chi connectivity index (χ0n) is 53.5. The van der Waals surface area contributed by atoms with Crippen LogP contribution in [-0.4, -0.2) is 127 Å². The second kappa shape index (κ2) is 38.2. The van der Waals surface area contributed by atoms with E-state index in [1.54, 1.807) is 0 Å². The summed E-state index contributed by atoms with van der Waals surface area (Å²) >= 11 is 0. The summed E-state index contributed by atoms with van der Waals surface area (Å²) in [5.41, 5.74) is -2.10. The molecule has 0 saturated carbocycles. The molecule has 0 aliphatic heterocycles. The highest BCUT2D eigenvalue weighted by Gasteiger charge is 2.41. The van der Waals surface area contributed by atoms with Crippen LogP contribution in [0.25, 0.3) is 24.3 Å². The van der Waals surface area contributed by atoms with Crippen LogP contribution in [0.15, 0.2) is 140 Å². The minimum atomic E-state index is -2.03. The van der Waals surface area contributed by atoms with E-state index in [1.807, 2.05) is 0 Å². The minimum Gasteiger partial charge on any atom is -0.466 e. The molecule has 22 heteroatoms. The Morgan fingerprint density at radius 3 is 0.851 bits per heavy atom. The lowest BCUT2D eigenvalue weighted by Gasteiger charge is -2.27. The third kappa shape index (κ3) is 24.8. The number of carbonyl (C=O) groups is 11. The van der Waals surface area contributed by atoms with Crippen molar-refractivity contribution in [2.24, 2.45) is 10.8 Å². The van der Waals surface area contributed by atoms with Crippen molar-refractivity contribution < 1.29 is 105 Å². The van der Waals surface area contributed by atoms with Crippen LogP contribution in [0, 0.1) is 10.8 Å². The summed E-state index contributed by atoms with van der Waals surface area (Å²) < 4.78 is 58.7. The van der Waals surface area contributed by atoms with Crippen molar-refractivity contribution in [2.75, 3.05) is 61.5 Å². The van der Waals surface area contributed by atoms with E-state index in [-0.39, 0.29) is 34.4 Å². The molecule has 0 N–H and O–H groups in total. The first-order chi connectivity index (χ1) is 45.1. The Labute approximate surface area is 544 Å². The lowest BCUT2D eigenvalue weighted by Crippen LogP contribution is -2.42. The first-order valence-corrected chi connectivity index (χ1v) is 30.0. The zero-order valence-corrected chi connectivity index (χ0v) is 53.5. The van der Waals surface area contributed by atoms with Gasteiger partial charge in [0.1, 0.15) is 48.8 Å². The van der Waals surface area contributed by atoms with Gasteiger partial charge in [0.2, 0.25) is 0 Å². The van der Waals surface area contributed by atoms with Gasteiger partial charge < -0.3 is 52.1 Å². The van der Waals surface area contributed by atoms with Crippen molar-refractivity contribution in [2.45, 2.75) is 78.6 Å². The fraction of sp³-hybridized carbons (Fsp3) is 0.319. The van der Waals surface area contributed by atoms with Crippen molar-refractivity contribution in [1.82, 2.24) is 0 Å². The number of carbonyl (C=O) groups excluding carboxylic acids is 11. The Kier molecular flexibility index (Phi) is 30.0. The Balaban J connectivity index is 1.49. The number of hydrogen-bond donors (Lipinski definition) is 0. The maximum Gasteiger partial charge on any atom is 0.338 e. The van der Waals surface area contributed by atoms with E-state index >= 15 is 0 Å². The van der Waals surface area contributed by atoms with Crippen molar-refractivity contribution in [3.05, 3.63) is 190 Å². The number of benzene rings is 5. The van der Waals surface area contributed by atoms with E-state index in [0.29, 0.717) is 28.7 Å². The van der Waals surface area contributed by atoms with Crippen LogP contribution in [0.3, 0.4) is 0 Å². The normalized spacial score (nSPS) is 12.4. The van der Waals surface area contributed by atoms with Crippen LogP contribution in [0.2, 0.25) is 0 Å². The Bertz CT molecular complexity index is 3170. The number of rotatable bonds is 35. The highest BCUT2D eigenvalue weighted by Crippen LogP contribution is 2.31. The number of hydrogen-bond acceptors (Lipinski definition) is 22. The van der Waals surface area contributed by atoms with Gasteiger partial charge in [-0.3, -0.25) is 9.59 Å². The average Bonchev–Trinajstić information content (AvgIpc) is 0.831. The van der Waals surface area contributed by atoms with E-state index < -0.39 is 114 Å². The summed E-state index contributed by atoms with van der Waals surface area (Å²) in [6.45, 7) is 1.62. The molecule has 0 heterocycles. The maximum absolute atomic E-state index is 14.7. The molecule has 5 aromatic carbocycles. The van der Waals surface area contributed by atoms with Crippen molar-refractivity contribution >= 4 is 90.0 Å². The van der Waals surface area contributed by atoms with Gasteiger partial charge in [0.25, 0.3) is 0 Å². The second-order valence-electron chi connectivity index (χ2n) is 21.8. The van der Waals surface area contributed by atoms with Gasteiger partial charge >= 0.3 is 65.7 Å². The molecule has 94 heavy (non-hydrogen) atoms. The third-order valence-electron chi connectivity index (χ3n) is 14.1. The van der Waals surface area contributed by atoms with Gasteiger partial charge in [-0.25, -0.2) is 43.2 Å². The maximum atomic E-state index is 14.7. The smallest absolute Gasteiger partial charge is 0.338 e. The fourth-order valence-electron chi connectivity index (χ4n) is 8.33. The quantitative estimate of drug-likeness (QED) is 0.0120. The van der Waals surface area contributed by atoms with Gasteiger partial charge in [-0.1, -0.05) is 107 Å². The molecule has 0 saturated heterocycles. The van der Waals surface area contributed by atoms with Gasteiger partial charge in [-0.05, 0) is 127 Å². The number of methoxy groups -OCH3 is 4.